The van der Waals surface area contributed by atoms with Gasteiger partial charge in [-0.2, -0.15) is 0 Å². The van der Waals surface area contributed by atoms with Crippen LogP contribution in [0, 0.1) is 5.92 Å². The van der Waals surface area contributed by atoms with Gasteiger partial charge in [-0.3, -0.25) is 4.79 Å². The van der Waals surface area contributed by atoms with Crippen molar-refractivity contribution >= 4 is 5.78 Å². The molecule has 0 amide bonds. The number of hydrogen-bond donors (Lipinski definition) is 1. The molecular formula is C9H17NO. The minimum atomic E-state index is 0.347. The van der Waals surface area contributed by atoms with E-state index in [1.54, 1.807) is 0 Å². The van der Waals surface area contributed by atoms with Crippen LogP contribution < -0.4 is 5.73 Å². The van der Waals surface area contributed by atoms with Gasteiger partial charge in [0.1, 0.15) is 5.78 Å². The van der Waals surface area contributed by atoms with Crippen molar-refractivity contribution in [2.45, 2.75) is 38.5 Å². The fourth-order valence-electron chi connectivity index (χ4n) is 1.43. The van der Waals surface area contributed by atoms with E-state index in [1.165, 1.54) is 19.3 Å². The molecule has 0 aliphatic heterocycles. The maximum Gasteiger partial charge on any atom is 0.134 e. The Morgan fingerprint density at radius 2 is 2.09 bits per heavy atom. The summed E-state index contributed by atoms with van der Waals surface area (Å²) in [7, 11) is 0. The molecule has 64 valence electrons. The second-order valence-corrected chi connectivity index (χ2v) is 3.41. The van der Waals surface area contributed by atoms with Crippen LogP contribution in [0.2, 0.25) is 0 Å². The molecule has 0 aromatic carbocycles. The van der Waals surface area contributed by atoms with E-state index in [2.05, 4.69) is 0 Å². The van der Waals surface area contributed by atoms with Gasteiger partial charge >= 0.3 is 0 Å². The molecule has 2 N–H and O–H groups in total. The van der Waals surface area contributed by atoms with Crippen LogP contribution in [0.5, 0.6) is 0 Å². The number of carbonyl (C=O) groups excluding carboxylic acids is 1. The molecule has 1 aliphatic rings. The van der Waals surface area contributed by atoms with Crippen molar-refractivity contribution in [1.29, 1.82) is 0 Å². The Morgan fingerprint density at radius 1 is 1.36 bits per heavy atom. The molecule has 2 heteroatoms. The molecule has 0 aromatic heterocycles. The van der Waals surface area contributed by atoms with Crippen molar-refractivity contribution in [3.63, 3.8) is 0 Å². The zero-order chi connectivity index (χ0) is 8.10. The van der Waals surface area contributed by atoms with Crippen molar-refractivity contribution in [3.8, 4) is 0 Å². The zero-order valence-corrected chi connectivity index (χ0v) is 7.01. The Bertz CT molecular complexity index is 130. The summed E-state index contributed by atoms with van der Waals surface area (Å²) in [5.41, 5.74) is 5.26. The molecule has 0 spiro atoms. The highest BCUT2D eigenvalue weighted by molar-refractivity contribution is 5.78. The molecule has 1 aliphatic carbocycles. The van der Waals surface area contributed by atoms with E-state index in [0.29, 0.717) is 18.7 Å². The van der Waals surface area contributed by atoms with Crippen LogP contribution in [0.4, 0.5) is 0 Å². The summed E-state index contributed by atoms with van der Waals surface area (Å²) in [6, 6.07) is 0. The predicted octanol–water partition coefficient (Wildman–Crippen LogP) is 1.48. The van der Waals surface area contributed by atoms with E-state index in [1.807, 2.05) is 0 Å². The average molecular weight is 155 g/mol. The Hall–Kier alpha value is -0.370. The number of carbonyl (C=O) groups is 1. The van der Waals surface area contributed by atoms with Gasteiger partial charge in [-0.15, -0.1) is 0 Å². The Labute approximate surface area is 68.2 Å². The smallest absolute Gasteiger partial charge is 0.134 e. The van der Waals surface area contributed by atoms with Gasteiger partial charge in [0.05, 0.1) is 0 Å². The molecule has 0 bridgehead atoms. The summed E-state index contributed by atoms with van der Waals surface area (Å²) in [6.07, 6.45) is 6.51. The number of rotatable bonds is 5. The highest BCUT2D eigenvalue weighted by Crippen LogP contribution is 2.30. The third-order valence-electron chi connectivity index (χ3n) is 2.48. The molecule has 0 aromatic rings. The Kier molecular flexibility index (Phi) is 3.57. The van der Waals surface area contributed by atoms with Crippen molar-refractivity contribution in [3.05, 3.63) is 0 Å². The predicted molar refractivity (Wildman–Crippen MR) is 45.3 cm³/mol. The fraction of sp³-hybridized carbons (Fsp3) is 0.889. The van der Waals surface area contributed by atoms with Crippen molar-refractivity contribution in [2.75, 3.05) is 6.54 Å². The van der Waals surface area contributed by atoms with E-state index in [9.17, 15) is 4.79 Å². The molecule has 1 fully saturated rings. The summed E-state index contributed by atoms with van der Waals surface area (Å²) in [6.45, 7) is 0.517. The van der Waals surface area contributed by atoms with E-state index in [0.717, 1.165) is 18.8 Å². The first-order valence-corrected chi connectivity index (χ1v) is 4.54. The third-order valence-corrected chi connectivity index (χ3v) is 2.48. The lowest BCUT2D eigenvalue weighted by molar-refractivity contribution is -0.119. The van der Waals surface area contributed by atoms with Crippen LogP contribution in [0.25, 0.3) is 0 Å². The van der Waals surface area contributed by atoms with E-state index in [4.69, 9.17) is 5.73 Å². The first-order chi connectivity index (χ1) is 5.33. The second-order valence-electron chi connectivity index (χ2n) is 3.41. The van der Waals surface area contributed by atoms with Gasteiger partial charge in [0.2, 0.25) is 0 Å². The molecular weight excluding hydrogens is 138 g/mol. The second kappa shape index (κ2) is 4.50. The van der Waals surface area contributed by atoms with Gasteiger partial charge < -0.3 is 5.73 Å². The number of nitrogens with two attached hydrogens (primary N) is 1. The van der Waals surface area contributed by atoms with Crippen LogP contribution in [0.3, 0.4) is 0 Å². The summed E-state index contributed by atoms with van der Waals surface area (Å²) < 4.78 is 0. The first-order valence-electron chi connectivity index (χ1n) is 4.54. The lowest BCUT2D eigenvalue weighted by atomic mass is 9.81. The average Bonchev–Trinajstić information content (AvgIpc) is 1.85. The molecule has 1 rings (SSSR count). The maximum absolute atomic E-state index is 11.0. The molecule has 0 atom stereocenters. The maximum atomic E-state index is 11.0. The van der Waals surface area contributed by atoms with Crippen LogP contribution >= 0.6 is 0 Å². The third kappa shape index (κ3) is 3.02. The highest BCUT2D eigenvalue weighted by Gasteiger charge is 2.17. The van der Waals surface area contributed by atoms with Gasteiger partial charge in [-0.25, -0.2) is 0 Å². The lowest BCUT2D eigenvalue weighted by Crippen LogP contribution is -2.14. The summed E-state index contributed by atoms with van der Waals surface area (Å²) in [5, 5.41) is 0. The van der Waals surface area contributed by atoms with Crippen molar-refractivity contribution in [2.24, 2.45) is 11.7 Å². The van der Waals surface area contributed by atoms with E-state index < -0.39 is 0 Å². The SMILES string of the molecule is NCCC(=O)CCC1CCC1. The molecule has 0 saturated heterocycles. The molecule has 0 heterocycles. The zero-order valence-electron chi connectivity index (χ0n) is 7.01. The molecule has 0 radical (unpaired) electrons. The molecule has 0 unspecified atom stereocenters. The van der Waals surface area contributed by atoms with Gasteiger partial charge in [-0.05, 0) is 18.9 Å². The Morgan fingerprint density at radius 3 is 2.55 bits per heavy atom. The lowest BCUT2D eigenvalue weighted by Gasteiger charge is -2.24. The van der Waals surface area contributed by atoms with E-state index >= 15 is 0 Å². The molecule has 11 heavy (non-hydrogen) atoms. The van der Waals surface area contributed by atoms with Crippen LogP contribution in [0.15, 0.2) is 0 Å². The van der Waals surface area contributed by atoms with Crippen molar-refractivity contribution < 1.29 is 4.79 Å². The largest absolute Gasteiger partial charge is 0.330 e. The number of ketones is 1. The highest BCUT2D eigenvalue weighted by atomic mass is 16.1. The normalized spacial score (nSPS) is 17.9. The topological polar surface area (TPSA) is 43.1 Å². The first kappa shape index (κ1) is 8.72. The van der Waals surface area contributed by atoms with Gasteiger partial charge in [0, 0.05) is 12.8 Å². The van der Waals surface area contributed by atoms with Crippen LogP contribution in [0.1, 0.15) is 38.5 Å². The number of hydrogen-bond acceptors (Lipinski definition) is 2. The molecule has 2 nitrogen and oxygen atoms in total. The van der Waals surface area contributed by atoms with Gasteiger partial charge in [-0.1, -0.05) is 19.3 Å². The minimum absolute atomic E-state index is 0.347. The van der Waals surface area contributed by atoms with E-state index in [-0.39, 0.29) is 0 Å². The number of Topliss-reactive ketones (excluding diaryl/α,β-unsaturated/α-hetero) is 1. The van der Waals surface area contributed by atoms with Crippen LogP contribution in [-0.4, -0.2) is 12.3 Å². The molecule has 1 saturated carbocycles. The van der Waals surface area contributed by atoms with Crippen molar-refractivity contribution in [1.82, 2.24) is 0 Å². The van der Waals surface area contributed by atoms with Gasteiger partial charge in [0.25, 0.3) is 0 Å². The fourth-order valence-corrected chi connectivity index (χ4v) is 1.43. The quantitative estimate of drug-likeness (QED) is 0.653. The monoisotopic (exact) mass is 155 g/mol. The summed E-state index contributed by atoms with van der Waals surface area (Å²) in [4.78, 5) is 11.0. The standard InChI is InChI=1S/C9H17NO/c10-7-6-9(11)5-4-8-2-1-3-8/h8H,1-7,10H2. The summed E-state index contributed by atoms with van der Waals surface area (Å²) in [5.74, 6) is 1.20. The van der Waals surface area contributed by atoms with Crippen LogP contribution in [-0.2, 0) is 4.79 Å². The van der Waals surface area contributed by atoms with Gasteiger partial charge in [0.15, 0.2) is 0 Å². The summed E-state index contributed by atoms with van der Waals surface area (Å²) >= 11 is 0. The Balaban J connectivity index is 1.96. The minimum Gasteiger partial charge on any atom is -0.330 e.